The molecule has 54 heavy (non-hydrogen) atoms. The number of rotatable bonds is 27. The Hall–Kier alpha value is -3.34. The maximum absolute atomic E-state index is 12.7. The predicted octanol–water partition coefficient (Wildman–Crippen LogP) is -0.619. The predicted molar refractivity (Wildman–Crippen MR) is 193 cm³/mol. The van der Waals surface area contributed by atoms with E-state index in [2.05, 4.69) is 16.0 Å². The van der Waals surface area contributed by atoms with Gasteiger partial charge in [0.15, 0.2) is 0 Å². The zero-order valence-electron chi connectivity index (χ0n) is 31.8. The van der Waals surface area contributed by atoms with Gasteiger partial charge in [0.2, 0.25) is 17.7 Å². The van der Waals surface area contributed by atoms with Crippen molar-refractivity contribution in [3.05, 3.63) is 34.9 Å². The molecule has 1 saturated heterocycles. The molecule has 6 unspecified atom stereocenters. The molecule has 0 radical (unpaired) electrons. The number of piperazine rings is 1. The maximum atomic E-state index is 12.7. The highest BCUT2D eigenvalue weighted by molar-refractivity contribution is 5.96. The third-order valence-corrected chi connectivity index (χ3v) is 8.54. The first-order valence-corrected chi connectivity index (χ1v) is 18.2. The Labute approximate surface area is 316 Å². The van der Waals surface area contributed by atoms with Crippen LogP contribution in [0, 0.1) is 0 Å². The van der Waals surface area contributed by atoms with Crippen LogP contribution in [0.5, 0.6) is 0 Å². The topological polar surface area (TPSA) is 285 Å². The first kappa shape index (κ1) is 48.7. The van der Waals surface area contributed by atoms with Crippen molar-refractivity contribution in [3.8, 4) is 0 Å². The number of hydrogen-bond acceptors (Lipinski definition) is 16. The van der Waals surface area contributed by atoms with Crippen LogP contribution in [-0.4, -0.2) is 156 Å². The fraction of sp³-hybridized carbons (Fsp3) is 0.714. The molecule has 19 nitrogen and oxygen atoms in total. The Balaban J connectivity index is 2.46. The summed E-state index contributed by atoms with van der Waals surface area (Å²) in [6, 6.07) is -2.67. The molecule has 0 saturated carbocycles. The van der Waals surface area contributed by atoms with Crippen molar-refractivity contribution >= 4 is 23.7 Å². The number of esters is 1. The van der Waals surface area contributed by atoms with Gasteiger partial charge in [-0.25, -0.2) is 4.79 Å². The van der Waals surface area contributed by atoms with Crippen LogP contribution in [0.25, 0.3) is 0 Å². The summed E-state index contributed by atoms with van der Waals surface area (Å²) in [6.45, 7) is 6.02. The number of hydrogen-bond donors (Lipinski definition) is 11. The number of aliphatic hydroxyl groups excluding tert-OH is 5. The van der Waals surface area contributed by atoms with Gasteiger partial charge in [0.05, 0.1) is 6.61 Å². The molecule has 6 atom stereocenters. The Morgan fingerprint density at radius 2 is 1.09 bits per heavy atom. The smallest absolute Gasteiger partial charge is 0.328 e. The Morgan fingerprint density at radius 3 is 1.48 bits per heavy atom. The molecule has 0 spiro atoms. The number of carbonyl (C=O) groups is 4. The number of amides is 3. The van der Waals surface area contributed by atoms with E-state index in [1.54, 1.807) is 20.8 Å². The third-order valence-electron chi connectivity index (χ3n) is 8.54. The van der Waals surface area contributed by atoms with Gasteiger partial charge in [0.25, 0.3) is 0 Å². The summed E-state index contributed by atoms with van der Waals surface area (Å²) in [4.78, 5) is 49.5. The highest BCUT2D eigenvalue weighted by atomic mass is 16.5. The summed E-state index contributed by atoms with van der Waals surface area (Å²) >= 11 is 0. The molecule has 0 aromatic carbocycles. The van der Waals surface area contributed by atoms with E-state index >= 15 is 0 Å². The summed E-state index contributed by atoms with van der Waals surface area (Å²) in [5, 5.41) is 88.7. The van der Waals surface area contributed by atoms with Crippen LogP contribution < -0.4 is 16.0 Å². The Kier molecular flexibility index (Phi) is 23.9. The zero-order valence-corrected chi connectivity index (χ0v) is 31.8. The second-order valence-electron chi connectivity index (χ2n) is 13.4. The van der Waals surface area contributed by atoms with Gasteiger partial charge in [-0.15, -0.1) is 0 Å². The van der Waals surface area contributed by atoms with Crippen molar-refractivity contribution < 1.29 is 65.1 Å². The van der Waals surface area contributed by atoms with Gasteiger partial charge >= 0.3 is 5.97 Å². The lowest BCUT2D eigenvalue weighted by Crippen LogP contribution is -2.61. The van der Waals surface area contributed by atoms with Crippen molar-refractivity contribution in [2.24, 2.45) is 0 Å². The fourth-order valence-electron chi connectivity index (χ4n) is 5.38. The van der Waals surface area contributed by atoms with Gasteiger partial charge in [-0.05, 0) is 90.4 Å². The first-order valence-electron chi connectivity index (χ1n) is 18.2. The summed E-state index contributed by atoms with van der Waals surface area (Å²) < 4.78 is 5.31. The average molecular weight is 775 g/mol. The minimum absolute atomic E-state index is 0.0150. The van der Waals surface area contributed by atoms with Crippen LogP contribution in [0.1, 0.15) is 85.5 Å². The van der Waals surface area contributed by atoms with E-state index in [1.165, 1.54) is 25.2 Å². The van der Waals surface area contributed by atoms with Crippen molar-refractivity contribution in [3.63, 3.8) is 0 Å². The van der Waals surface area contributed by atoms with Crippen LogP contribution >= 0.6 is 0 Å². The monoisotopic (exact) mass is 774 g/mol. The lowest BCUT2D eigenvalue weighted by atomic mass is 10.0. The molecule has 0 aromatic heterocycles. The molecule has 0 bridgehead atoms. The third kappa shape index (κ3) is 19.8. The van der Waals surface area contributed by atoms with Gasteiger partial charge in [-0.3, -0.25) is 14.4 Å². The normalized spacial score (nSPS) is 19.4. The van der Waals surface area contributed by atoms with Gasteiger partial charge in [-0.2, -0.15) is 15.2 Å². The van der Waals surface area contributed by atoms with Crippen LogP contribution in [0.3, 0.4) is 0 Å². The molecule has 11 N–H and O–H groups in total. The van der Waals surface area contributed by atoms with Crippen LogP contribution in [-0.2, 0) is 23.9 Å². The van der Waals surface area contributed by atoms with Crippen LogP contribution in [0.15, 0.2) is 34.9 Å². The highest BCUT2D eigenvalue weighted by Gasteiger charge is 2.33. The number of nitrogens with zero attached hydrogens (tertiary/aromatic N) is 3. The van der Waals surface area contributed by atoms with E-state index in [4.69, 9.17) is 14.9 Å². The van der Waals surface area contributed by atoms with Crippen molar-refractivity contribution in [2.45, 2.75) is 122 Å². The van der Waals surface area contributed by atoms with Crippen molar-refractivity contribution in [2.75, 3.05) is 39.5 Å². The van der Waals surface area contributed by atoms with Crippen LogP contribution in [0.4, 0.5) is 0 Å². The van der Waals surface area contributed by atoms with E-state index in [1.807, 2.05) is 0 Å². The van der Waals surface area contributed by atoms with Gasteiger partial charge in [0.1, 0.15) is 36.8 Å². The standard InChI is InChI=1S/C35H62N6O13/c1-23(11-17-42)20-30(45)39(51)14-5-8-27-33(48)38-28(34(49)37-27)9-6-15-40(52)32(47)22-25(3)13-19-54-35(50)29(36-26(4)44)10-7-16-41(53)31(46)21-24(2)12-18-43/h20-22,27-32,42-43,45-47,51-53H,5-19H2,1-4H3,(H,36,44)(H,37,49)(H,38,48). The molecular formula is C35H62N6O13. The molecule has 0 aliphatic carbocycles. The molecule has 1 aliphatic rings. The van der Waals surface area contributed by atoms with E-state index in [-0.39, 0.29) is 84.4 Å². The molecular weight excluding hydrogens is 712 g/mol. The fourth-order valence-corrected chi connectivity index (χ4v) is 5.38. The Morgan fingerprint density at radius 1 is 0.704 bits per heavy atom. The van der Waals surface area contributed by atoms with Gasteiger partial charge in [-0.1, -0.05) is 16.7 Å². The largest absolute Gasteiger partial charge is 0.464 e. The minimum atomic E-state index is -1.41. The first-order chi connectivity index (χ1) is 25.5. The number of nitrogens with one attached hydrogen (secondary N) is 3. The van der Waals surface area contributed by atoms with E-state index < -0.39 is 60.5 Å². The molecule has 1 heterocycles. The van der Waals surface area contributed by atoms with E-state index in [0.717, 1.165) is 0 Å². The minimum Gasteiger partial charge on any atom is -0.464 e. The molecule has 1 fully saturated rings. The van der Waals surface area contributed by atoms with Crippen LogP contribution in [0.2, 0.25) is 0 Å². The number of ether oxygens (including phenoxy) is 1. The maximum Gasteiger partial charge on any atom is 0.328 e. The molecule has 19 heteroatoms. The summed E-state index contributed by atoms with van der Waals surface area (Å²) in [7, 11) is 0. The summed E-state index contributed by atoms with van der Waals surface area (Å²) in [5.41, 5.74) is 1.96. The Bertz CT molecular complexity index is 1270. The summed E-state index contributed by atoms with van der Waals surface area (Å²) in [6.07, 6.45) is 2.31. The summed E-state index contributed by atoms with van der Waals surface area (Å²) in [5.74, 6) is -1.98. The number of aliphatic hydroxyl groups is 5. The van der Waals surface area contributed by atoms with Gasteiger partial charge < -0.3 is 61.8 Å². The molecule has 1 aliphatic heterocycles. The van der Waals surface area contributed by atoms with E-state index in [0.29, 0.717) is 44.8 Å². The number of carbonyl (C=O) groups excluding carboxylic acids is 4. The second-order valence-corrected chi connectivity index (χ2v) is 13.4. The molecule has 3 amide bonds. The number of hydroxylamine groups is 6. The zero-order chi connectivity index (χ0) is 40.8. The van der Waals surface area contributed by atoms with Crippen molar-refractivity contribution in [1.29, 1.82) is 0 Å². The average Bonchev–Trinajstić information content (AvgIpc) is 3.09. The van der Waals surface area contributed by atoms with Crippen molar-refractivity contribution in [1.82, 2.24) is 31.1 Å². The SMILES string of the molecule is CC(=O)NC(CCCN(O)C(O)C=C(C)CCO)C(=O)OCCC(C)=CC(O)N(O)CCCC1NC(=O)C(CCCN(O)C(O)C=C(C)CCO)NC1=O. The quantitative estimate of drug-likeness (QED) is 0.0215. The lowest BCUT2D eigenvalue weighted by Gasteiger charge is -2.30. The molecule has 0 aromatic rings. The second kappa shape index (κ2) is 26.5. The molecule has 1 rings (SSSR count). The molecule has 310 valence electrons. The van der Waals surface area contributed by atoms with E-state index in [9.17, 15) is 50.1 Å². The lowest BCUT2D eigenvalue weighted by molar-refractivity contribution is -0.178. The highest BCUT2D eigenvalue weighted by Crippen LogP contribution is 2.13. The van der Waals surface area contributed by atoms with Gasteiger partial charge in [0, 0.05) is 46.2 Å².